The van der Waals surface area contributed by atoms with E-state index in [2.05, 4.69) is 22.9 Å². The number of benzene rings is 1. The number of thioether (sulfide) groups is 1. The number of rotatable bonds is 6. The van der Waals surface area contributed by atoms with E-state index in [1.165, 1.54) is 12.8 Å². The van der Waals surface area contributed by atoms with Crippen molar-refractivity contribution in [3.05, 3.63) is 47.2 Å². The van der Waals surface area contributed by atoms with Gasteiger partial charge < -0.3 is 14.8 Å². The van der Waals surface area contributed by atoms with Gasteiger partial charge in [-0.2, -0.15) is 0 Å². The molecule has 1 fully saturated rings. The first-order chi connectivity index (χ1) is 11.7. The highest BCUT2D eigenvalue weighted by Gasteiger charge is 2.15. The number of hydrogen-bond acceptors (Lipinski definition) is 6. The number of nitrogens with zero attached hydrogens (tertiary/aromatic N) is 3. The molecule has 0 radical (unpaired) electrons. The summed E-state index contributed by atoms with van der Waals surface area (Å²) in [6.45, 7) is 4.23. The topological polar surface area (TPSA) is 69.2 Å². The third kappa shape index (κ3) is 4.06. The second kappa shape index (κ2) is 7.66. The average Bonchev–Trinajstić information content (AvgIpc) is 3.14. The van der Waals surface area contributed by atoms with E-state index in [4.69, 9.17) is 4.98 Å². The summed E-state index contributed by atoms with van der Waals surface area (Å²) in [7, 11) is 0. The highest BCUT2D eigenvalue weighted by molar-refractivity contribution is 7.98. The van der Waals surface area contributed by atoms with Crippen LogP contribution in [-0.4, -0.2) is 29.0 Å². The van der Waals surface area contributed by atoms with E-state index < -0.39 is 5.97 Å². The highest BCUT2D eigenvalue weighted by Crippen LogP contribution is 2.25. The van der Waals surface area contributed by atoms with Crippen molar-refractivity contribution in [3.63, 3.8) is 0 Å². The fourth-order valence-corrected chi connectivity index (χ4v) is 3.53. The Morgan fingerprint density at radius 3 is 2.54 bits per heavy atom. The van der Waals surface area contributed by atoms with Crippen molar-refractivity contribution in [3.8, 4) is 0 Å². The molecule has 1 aliphatic heterocycles. The van der Waals surface area contributed by atoms with E-state index in [-0.39, 0.29) is 5.56 Å². The van der Waals surface area contributed by atoms with Crippen LogP contribution in [0.2, 0.25) is 0 Å². The van der Waals surface area contributed by atoms with E-state index in [1.54, 1.807) is 23.9 Å². The van der Waals surface area contributed by atoms with Crippen LogP contribution in [0.5, 0.6) is 0 Å². The summed E-state index contributed by atoms with van der Waals surface area (Å²) >= 11 is 1.58. The third-order valence-electron chi connectivity index (χ3n) is 4.10. The minimum Gasteiger partial charge on any atom is -0.545 e. The summed E-state index contributed by atoms with van der Waals surface area (Å²) in [5.41, 5.74) is 2.30. The Morgan fingerprint density at radius 1 is 1.21 bits per heavy atom. The molecule has 5 nitrogen and oxygen atoms in total. The number of anilines is 1. The molecule has 0 spiro atoms. The summed E-state index contributed by atoms with van der Waals surface area (Å²) in [6.07, 6.45) is 3.33. The van der Waals surface area contributed by atoms with Gasteiger partial charge in [-0.25, -0.2) is 9.97 Å². The number of aryl methyl sites for hydroxylation is 1. The number of carboxylic acid groups (broad SMARTS) is 1. The quantitative estimate of drug-likeness (QED) is 0.593. The lowest BCUT2D eigenvalue weighted by atomic mass is 10.1. The molecule has 1 aliphatic rings. The third-order valence-corrected chi connectivity index (χ3v) is 5.01. The summed E-state index contributed by atoms with van der Waals surface area (Å²) in [5, 5.41) is 11.6. The Kier molecular flexibility index (Phi) is 5.35. The summed E-state index contributed by atoms with van der Waals surface area (Å²) in [4.78, 5) is 22.4. The summed E-state index contributed by atoms with van der Waals surface area (Å²) in [6, 6.07) is 8.85. The first-order valence-corrected chi connectivity index (χ1v) is 9.20. The van der Waals surface area contributed by atoms with Crippen molar-refractivity contribution in [1.82, 2.24) is 9.97 Å². The Morgan fingerprint density at radius 2 is 1.92 bits per heavy atom. The molecule has 1 aromatic carbocycles. The van der Waals surface area contributed by atoms with Crippen LogP contribution in [0.4, 0.5) is 5.82 Å². The second-order valence-electron chi connectivity index (χ2n) is 5.82. The fraction of sp³-hybridized carbons (Fsp3) is 0.389. The van der Waals surface area contributed by atoms with Crippen molar-refractivity contribution in [2.75, 3.05) is 18.0 Å². The minimum atomic E-state index is -1.15. The SMILES string of the molecule is CCc1cc(N2CCCC2)nc(SCc2ccc(C(=O)[O-])cc2)n1. The van der Waals surface area contributed by atoms with Gasteiger partial charge in [-0.15, -0.1) is 0 Å². The highest BCUT2D eigenvalue weighted by atomic mass is 32.2. The Balaban J connectivity index is 1.71. The lowest BCUT2D eigenvalue weighted by Gasteiger charge is -2.17. The van der Waals surface area contributed by atoms with Crippen molar-refractivity contribution in [1.29, 1.82) is 0 Å². The van der Waals surface area contributed by atoms with Crippen LogP contribution in [-0.2, 0) is 12.2 Å². The number of carbonyl (C=O) groups is 1. The lowest BCUT2D eigenvalue weighted by Crippen LogP contribution is -2.21. The Hall–Kier alpha value is -2.08. The van der Waals surface area contributed by atoms with Gasteiger partial charge in [0.2, 0.25) is 0 Å². The van der Waals surface area contributed by atoms with Gasteiger partial charge in [0.15, 0.2) is 5.16 Å². The van der Waals surface area contributed by atoms with Crippen LogP contribution in [0.25, 0.3) is 0 Å². The van der Waals surface area contributed by atoms with Gasteiger partial charge in [-0.3, -0.25) is 0 Å². The van der Waals surface area contributed by atoms with Gasteiger partial charge in [0.25, 0.3) is 0 Å². The van der Waals surface area contributed by atoms with Crippen LogP contribution < -0.4 is 10.0 Å². The monoisotopic (exact) mass is 342 g/mol. The summed E-state index contributed by atoms with van der Waals surface area (Å²) < 4.78 is 0. The molecule has 2 heterocycles. The van der Waals surface area contributed by atoms with E-state index >= 15 is 0 Å². The largest absolute Gasteiger partial charge is 0.545 e. The molecule has 0 saturated carbocycles. The zero-order chi connectivity index (χ0) is 16.9. The fourth-order valence-electron chi connectivity index (χ4n) is 2.70. The predicted octanol–water partition coefficient (Wildman–Crippen LogP) is 2.29. The zero-order valence-corrected chi connectivity index (χ0v) is 14.5. The second-order valence-corrected chi connectivity index (χ2v) is 6.76. The van der Waals surface area contributed by atoms with Crippen LogP contribution >= 0.6 is 11.8 Å². The molecule has 0 atom stereocenters. The van der Waals surface area contributed by atoms with Gasteiger partial charge >= 0.3 is 0 Å². The molecule has 0 aliphatic carbocycles. The van der Waals surface area contributed by atoms with Crippen LogP contribution in [0, 0.1) is 0 Å². The zero-order valence-electron chi connectivity index (χ0n) is 13.7. The van der Waals surface area contributed by atoms with Crippen molar-refractivity contribution < 1.29 is 9.90 Å². The molecule has 1 aromatic heterocycles. The molecule has 6 heteroatoms. The summed E-state index contributed by atoms with van der Waals surface area (Å²) in [5.74, 6) is 0.581. The number of aromatic nitrogens is 2. The maximum absolute atomic E-state index is 10.8. The van der Waals surface area contributed by atoms with Gasteiger partial charge in [0.05, 0.1) is 5.97 Å². The molecule has 0 N–H and O–H groups in total. The maximum atomic E-state index is 10.8. The first kappa shape index (κ1) is 16.8. The van der Waals surface area contributed by atoms with Crippen molar-refractivity contribution in [2.24, 2.45) is 0 Å². The standard InChI is InChI=1S/C18H21N3O2S/c1-2-15-11-16(21-9-3-4-10-21)20-18(19-15)24-12-13-5-7-14(8-6-13)17(22)23/h5-8,11H,2-4,9-10,12H2,1H3,(H,22,23)/p-1. The van der Waals surface area contributed by atoms with Gasteiger partial charge in [0, 0.05) is 30.6 Å². The molecular formula is C18H20N3O2S-. The van der Waals surface area contributed by atoms with Crippen molar-refractivity contribution in [2.45, 2.75) is 37.1 Å². The molecule has 3 rings (SSSR count). The molecule has 0 bridgehead atoms. The molecular weight excluding hydrogens is 322 g/mol. The molecule has 2 aromatic rings. The Bertz CT molecular complexity index is 713. The Labute approximate surface area is 146 Å². The molecule has 0 amide bonds. The number of aromatic carboxylic acids is 1. The van der Waals surface area contributed by atoms with E-state index in [0.29, 0.717) is 5.75 Å². The van der Waals surface area contributed by atoms with Gasteiger partial charge in [-0.1, -0.05) is 43.0 Å². The number of hydrogen-bond donors (Lipinski definition) is 0. The van der Waals surface area contributed by atoms with Crippen LogP contribution in [0.1, 0.15) is 41.4 Å². The molecule has 126 valence electrons. The van der Waals surface area contributed by atoms with Gasteiger partial charge in [-0.05, 0) is 30.4 Å². The van der Waals surface area contributed by atoms with E-state index in [9.17, 15) is 9.90 Å². The van der Waals surface area contributed by atoms with E-state index in [1.807, 2.05) is 12.1 Å². The van der Waals surface area contributed by atoms with Crippen LogP contribution in [0.3, 0.4) is 0 Å². The minimum absolute atomic E-state index is 0.198. The predicted molar refractivity (Wildman–Crippen MR) is 93.2 cm³/mol. The lowest BCUT2D eigenvalue weighted by molar-refractivity contribution is -0.255. The van der Waals surface area contributed by atoms with E-state index in [0.717, 1.165) is 41.7 Å². The van der Waals surface area contributed by atoms with Crippen LogP contribution in [0.15, 0.2) is 35.5 Å². The van der Waals surface area contributed by atoms with Crippen molar-refractivity contribution >= 4 is 23.5 Å². The molecule has 24 heavy (non-hydrogen) atoms. The average molecular weight is 342 g/mol. The molecule has 0 unspecified atom stereocenters. The maximum Gasteiger partial charge on any atom is 0.190 e. The normalized spacial score (nSPS) is 14.1. The number of carbonyl (C=O) groups excluding carboxylic acids is 1. The van der Waals surface area contributed by atoms with Gasteiger partial charge in [0.1, 0.15) is 5.82 Å². The number of carboxylic acids is 1. The smallest absolute Gasteiger partial charge is 0.190 e. The first-order valence-electron chi connectivity index (χ1n) is 8.21. The molecule has 1 saturated heterocycles.